The molecule has 2 fully saturated rings. The minimum Gasteiger partial charge on any atom is -0.298 e. The number of aromatic nitrogens is 2. The number of hydrogen-bond donors (Lipinski definition) is 0. The van der Waals surface area contributed by atoms with Gasteiger partial charge in [0.25, 0.3) is 0 Å². The Bertz CT molecular complexity index is 408. The van der Waals surface area contributed by atoms with E-state index in [0.717, 1.165) is 24.8 Å². The molecule has 1 aromatic heterocycles. The molecule has 0 aliphatic carbocycles. The zero-order valence-corrected chi connectivity index (χ0v) is 11.5. The lowest BCUT2D eigenvalue weighted by Gasteiger charge is -2.42. The molecular formula is C13H19ClN4. The van der Waals surface area contributed by atoms with Gasteiger partial charge in [0.05, 0.1) is 5.69 Å². The minimum absolute atomic E-state index is 0.465. The summed E-state index contributed by atoms with van der Waals surface area (Å²) in [6, 6.07) is 5.14. The van der Waals surface area contributed by atoms with Gasteiger partial charge < -0.3 is 0 Å². The molecule has 0 aromatic carbocycles. The van der Waals surface area contributed by atoms with Gasteiger partial charge in [-0.25, -0.2) is 0 Å². The minimum atomic E-state index is 0.465. The lowest BCUT2D eigenvalue weighted by atomic mass is 10.1. The van der Waals surface area contributed by atoms with E-state index < -0.39 is 0 Å². The standard InChI is InChI=1S/C13H19ClN4/c1-10-7-17-6-2-3-12(17)9-18(10)8-11-4-5-13(14)16-15-11/h4-5,10,12H,2-3,6-9H2,1H3. The molecule has 2 aliphatic heterocycles. The Morgan fingerprint density at radius 2 is 2.22 bits per heavy atom. The maximum Gasteiger partial charge on any atom is 0.151 e. The van der Waals surface area contributed by atoms with Gasteiger partial charge >= 0.3 is 0 Å². The fourth-order valence-electron chi connectivity index (χ4n) is 3.10. The molecular weight excluding hydrogens is 248 g/mol. The van der Waals surface area contributed by atoms with Crippen molar-refractivity contribution in [3.63, 3.8) is 0 Å². The lowest BCUT2D eigenvalue weighted by molar-refractivity contribution is 0.0530. The summed E-state index contributed by atoms with van der Waals surface area (Å²) in [5.74, 6) is 0. The predicted molar refractivity (Wildman–Crippen MR) is 71.5 cm³/mol. The van der Waals surface area contributed by atoms with E-state index >= 15 is 0 Å². The Kier molecular flexibility index (Phi) is 3.50. The molecule has 0 bridgehead atoms. The van der Waals surface area contributed by atoms with Crippen molar-refractivity contribution in [1.29, 1.82) is 0 Å². The number of nitrogens with zero attached hydrogens (tertiary/aromatic N) is 4. The first-order chi connectivity index (χ1) is 8.72. The van der Waals surface area contributed by atoms with Gasteiger partial charge in [-0.1, -0.05) is 11.6 Å². The molecule has 98 valence electrons. The smallest absolute Gasteiger partial charge is 0.151 e. The SMILES string of the molecule is CC1CN2CCCC2CN1Cc1ccc(Cl)nn1. The van der Waals surface area contributed by atoms with E-state index in [4.69, 9.17) is 11.6 Å². The number of fused-ring (bicyclic) bond motifs is 1. The Morgan fingerprint density at radius 1 is 1.33 bits per heavy atom. The van der Waals surface area contributed by atoms with Crippen LogP contribution in [0.3, 0.4) is 0 Å². The van der Waals surface area contributed by atoms with Crippen LogP contribution in [0, 0.1) is 0 Å². The number of halogens is 1. The molecule has 2 saturated heterocycles. The third-order valence-corrected chi connectivity index (χ3v) is 4.32. The summed E-state index contributed by atoms with van der Waals surface area (Å²) in [6.07, 6.45) is 2.70. The maximum atomic E-state index is 5.76. The Balaban J connectivity index is 1.66. The summed E-state index contributed by atoms with van der Waals surface area (Å²) < 4.78 is 0. The quantitative estimate of drug-likeness (QED) is 0.817. The highest BCUT2D eigenvalue weighted by Gasteiger charge is 2.34. The van der Waals surface area contributed by atoms with Crippen molar-refractivity contribution < 1.29 is 0 Å². The van der Waals surface area contributed by atoms with Crippen LogP contribution in [-0.2, 0) is 6.54 Å². The van der Waals surface area contributed by atoms with E-state index in [1.54, 1.807) is 0 Å². The van der Waals surface area contributed by atoms with Crippen LogP contribution in [0.15, 0.2) is 12.1 Å². The van der Waals surface area contributed by atoms with E-state index in [1.165, 1.54) is 25.9 Å². The predicted octanol–water partition coefficient (Wildman–Crippen LogP) is 1.80. The van der Waals surface area contributed by atoms with Gasteiger partial charge in [0, 0.05) is 31.7 Å². The van der Waals surface area contributed by atoms with Gasteiger partial charge in [0.1, 0.15) is 0 Å². The average Bonchev–Trinajstić information content (AvgIpc) is 2.79. The zero-order chi connectivity index (χ0) is 12.5. The molecule has 0 N–H and O–H groups in total. The first kappa shape index (κ1) is 12.3. The summed E-state index contributed by atoms with van der Waals surface area (Å²) >= 11 is 5.76. The van der Waals surface area contributed by atoms with E-state index in [1.807, 2.05) is 12.1 Å². The van der Waals surface area contributed by atoms with Gasteiger partial charge in [-0.3, -0.25) is 9.80 Å². The van der Waals surface area contributed by atoms with Crippen molar-refractivity contribution in [1.82, 2.24) is 20.0 Å². The number of rotatable bonds is 2. The molecule has 2 atom stereocenters. The molecule has 3 heterocycles. The van der Waals surface area contributed by atoms with Crippen LogP contribution in [-0.4, -0.2) is 51.7 Å². The van der Waals surface area contributed by atoms with Crippen LogP contribution in [0.4, 0.5) is 0 Å². The van der Waals surface area contributed by atoms with Gasteiger partial charge in [0.15, 0.2) is 5.15 Å². The topological polar surface area (TPSA) is 32.3 Å². The fourth-order valence-corrected chi connectivity index (χ4v) is 3.20. The molecule has 18 heavy (non-hydrogen) atoms. The first-order valence-corrected chi connectivity index (χ1v) is 7.06. The van der Waals surface area contributed by atoms with E-state index in [-0.39, 0.29) is 0 Å². The summed E-state index contributed by atoms with van der Waals surface area (Å²) in [6.45, 7) is 6.81. The second kappa shape index (κ2) is 5.11. The summed E-state index contributed by atoms with van der Waals surface area (Å²) in [5.41, 5.74) is 1.01. The average molecular weight is 267 g/mol. The highest BCUT2D eigenvalue weighted by molar-refractivity contribution is 6.29. The van der Waals surface area contributed by atoms with Gasteiger partial charge in [-0.05, 0) is 38.4 Å². The van der Waals surface area contributed by atoms with Crippen LogP contribution in [0.1, 0.15) is 25.5 Å². The van der Waals surface area contributed by atoms with E-state index in [2.05, 4.69) is 26.9 Å². The first-order valence-electron chi connectivity index (χ1n) is 6.68. The van der Waals surface area contributed by atoms with Crippen LogP contribution in [0.5, 0.6) is 0 Å². The van der Waals surface area contributed by atoms with Gasteiger partial charge in [-0.15, -0.1) is 5.10 Å². The molecule has 4 nitrogen and oxygen atoms in total. The summed E-state index contributed by atoms with van der Waals surface area (Å²) in [5, 5.41) is 8.53. The normalized spacial score (nSPS) is 29.4. The van der Waals surface area contributed by atoms with Gasteiger partial charge in [0.2, 0.25) is 0 Å². The molecule has 0 spiro atoms. The summed E-state index contributed by atoms with van der Waals surface area (Å²) in [7, 11) is 0. The van der Waals surface area contributed by atoms with Gasteiger partial charge in [-0.2, -0.15) is 5.10 Å². The third kappa shape index (κ3) is 2.51. The van der Waals surface area contributed by atoms with Crippen molar-refractivity contribution in [2.75, 3.05) is 19.6 Å². The van der Waals surface area contributed by atoms with Crippen LogP contribution in [0.25, 0.3) is 0 Å². The molecule has 2 unspecified atom stereocenters. The number of piperazine rings is 1. The van der Waals surface area contributed by atoms with Crippen molar-refractivity contribution in [2.45, 2.75) is 38.4 Å². The highest BCUT2D eigenvalue weighted by atomic mass is 35.5. The second-order valence-electron chi connectivity index (χ2n) is 5.42. The molecule has 0 saturated carbocycles. The monoisotopic (exact) mass is 266 g/mol. The van der Waals surface area contributed by atoms with Crippen LogP contribution in [0.2, 0.25) is 5.15 Å². The van der Waals surface area contributed by atoms with Crippen molar-refractivity contribution >= 4 is 11.6 Å². The zero-order valence-electron chi connectivity index (χ0n) is 10.7. The van der Waals surface area contributed by atoms with E-state index in [0.29, 0.717) is 11.2 Å². The molecule has 0 amide bonds. The Hall–Kier alpha value is -0.710. The largest absolute Gasteiger partial charge is 0.298 e. The molecule has 0 radical (unpaired) electrons. The molecule has 2 aliphatic rings. The Labute approximate surface area is 113 Å². The molecule has 3 rings (SSSR count). The second-order valence-corrected chi connectivity index (χ2v) is 5.80. The molecule has 5 heteroatoms. The van der Waals surface area contributed by atoms with Crippen molar-refractivity contribution in [3.8, 4) is 0 Å². The summed E-state index contributed by atoms with van der Waals surface area (Å²) in [4.78, 5) is 5.15. The molecule has 1 aromatic rings. The van der Waals surface area contributed by atoms with Crippen LogP contribution < -0.4 is 0 Å². The maximum absolute atomic E-state index is 5.76. The Morgan fingerprint density at radius 3 is 3.00 bits per heavy atom. The van der Waals surface area contributed by atoms with Crippen molar-refractivity contribution in [3.05, 3.63) is 23.0 Å². The fraction of sp³-hybridized carbons (Fsp3) is 0.692. The highest BCUT2D eigenvalue weighted by Crippen LogP contribution is 2.25. The van der Waals surface area contributed by atoms with Crippen molar-refractivity contribution in [2.24, 2.45) is 0 Å². The third-order valence-electron chi connectivity index (χ3n) is 4.12. The van der Waals surface area contributed by atoms with Crippen LogP contribution >= 0.6 is 11.6 Å². The lowest BCUT2D eigenvalue weighted by Crippen LogP contribution is -2.54. The number of hydrogen-bond acceptors (Lipinski definition) is 4. The van der Waals surface area contributed by atoms with E-state index in [9.17, 15) is 0 Å².